The quantitative estimate of drug-likeness (QED) is 0.0964. The van der Waals surface area contributed by atoms with E-state index in [9.17, 15) is 0 Å². The van der Waals surface area contributed by atoms with Gasteiger partial charge in [0.25, 0.3) is 8.32 Å². The van der Waals surface area contributed by atoms with Crippen molar-refractivity contribution in [2.24, 2.45) is 0 Å². The molecule has 0 spiro atoms. The number of benzene rings is 3. The average Bonchev–Trinajstić information content (AvgIpc) is 3.06. The molecule has 0 aromatic heterocycles. The van der Waals surface area contributed by atoms with Crippen LogP contribution in [0.5, 0.6) is 5.75 Å². The van der Waals surface area contributed by atoms with Gasteiger partial charge in [-0.1, -0.05) is 132 Å². The van der Waals surface area contributed by atoms with Gasteiger partial charge in [0.1, 0.15) is 5.75 Å². The second kappa shape index (κ2) is 17.8. The Hall–Kier alpha value is -2.75. The highest BCUT2D eigenvalue weighted by atomic mass is 28.4. The third-order valence-electron chi connectivity index (χ3n) is 9.07. The maximum Gasteiger partial charge on any atom is 0.261 e. The summed E-state index contributed by atoms with van der Waals surface area (Å²) in [6.07, 6.45) is 5.85. The average molecular weight is 645 g/mol. The number of allylic oxidation sites excluding steroid dienone is 1. The molecule has 0 aliphatic heterocycles. The predicted molar refractivity (Wildman–Crippen MR) is 196 cm³/mol. The Bertz CT molecular complexity index is 1250. The predicted octanol–water partition coefficient (Wildman–Crippen LogP) is 9.07. The van der Waals surface area contributed by atoms with Gasteiger partial charge in [-0.2, -0.15) is 0 Å². The van der Waals surface area contributed by atoms with Gasteiger partial charge in [0.05, 0.1) is 33.0 Å². The van der Waals surface area contributed by atoms with Crippen LogP contribution in [0.2, 0.25) is 23.2 Å². The molecule has 0 aliphatic carbocycles. The lowest BCUT2D eigenvalue weighted by molar-refractivity contribution is 0.0356. The number of ether oxygens (including phenoxy) is 2. The molecule has 4 nitrogen and oxygen atoms in total. The first kappa shape index (κ1) is 36.7. The van der Waals surface area contributed by atoms with Crippen molar-refractivity contribution in [3.8, 4) is 5.75 Å². The molecule has 45 heavy (non-hydrogen) atoms. The van der Waals surface area contributed by atoms with E-state index in [1.54, 1.807) is 7.11 Å². The summed E-state index contributed by atoms with van der Waals surface area (Å²) in [7, 11) is -2.80. The van der Waals surface area contributed by atoms with Crippen LogP contribution >= 0.6 is 0 Å². The minimum absolute atomic E-state index is 0.0196. The van der Waals surface area contributed by atoms with Gasteiger partial charge in [-0.05, 0) is 64.1 Å². The van der Waals surface area contributed by atoms with E-state index in [1.165, 1.54) is 15.9 Å². The molecule has 3 rings (SSSR count). The molecule has 0 bridgehead atoms. The summed E-state index contributed by atoms with van der Waals surface area (Å²) in [4.78, 5) is 0. The van der Waals surface area contributed by atoms with E-state index in [4.69, 9.17) is 18.3 Å². The lowest BCUT2D eigenvalue weighted by atomic mass is 10.1. The van der Waals surface area contributed by atoms with E-state index in [2.05, 4.69) is 127 Å². The van der Waals surface area contributed by atoms with Crippen LogP contribution in [-0.4, -0.2) is 43.1 Å². The zero-order chi connectivity index (χ0) is 32.8. The summed E-state index contributed by atoms with van der Waals surface area (Å²) in [5.41, 5.74) is 2.41. The van der Waals surface area contributed by atoms with E-state index in [1.807, 2.05) is 18.2 Å². The van der Waals surface area contributed by atoms with Gasteiger partial charge in [-0.3, -0.25) is 0 Å². The van der Waals surface area contributed by atoms with Gasteiger partial charge in [-0.25, -0.2) is 0 Å². The summed E-state index contributed by atoms with van der Waals surface area (Å²) in [5, 5.41) is 2.51. The van der Waals surface area contributed by atoms with Crippen molar-refractivity contribution in [2.45, 2.75) is 90.3 Å². The third-order valence-corrected chi connectivity index (χ3v) is 18.8. The second-order valence-electron chi connectivity index (χ2n) is 12.9. The Morgan fingerprint density at radius 2 is 1.38 bits per heavy atom. The molecular weight excluding hydrogens is 589 g/mol. The zero-order valence-electron chi connectivity index (χ0n) is 28.8. The summed E-state index contributed by atoms with van der Waals surface area (Å²) in [6.45, 7) is 19.5. The highest BCUT2D eigenvalue weighted by Crippen LogP contribution is 2.37. The molecule has 0 amide bonds. The monoisotopic (exact) mass is 644 g/mol. The van der Waals surface area contributed by atoms with Crippen molar-refractivity contribution in [1.82, 2.24) is 0 Å². The summed E-state index contributed by atoms with van der Waals surface area (Å²) in [6, 6.07) is 33.1. The lowest BCUT2D eigenvalue weighted by Gasteiger charge is -2.42. The molecule has 3 aromatic carbocycles. The van der Waals surface area contributed by atoms with E-state index >= 15 is 0 Å². The van der Waals surface area contributed by atoms with Gasteiger partial charge < -0.3 is 18.3 Å². The largest absolute Gasteiger partial charge is 0.497 e. The van der Waals surface area contributed by atoms with Crippen LogP contribution in [0.4, 0.5) is 0 Å². The van der Waals surface area contributed by atoms with Gasteiger partial charge >= 0.3 is 0 Å². The van der Waals surface area contributed by atoms with Crippen LogP contribution < -0.4 is 15.1 Å². The zero-order valence-corrected chi connectivity index (χ0v) is 30.8. The third kappa shape index (κ3) is 9.87. The molecule has 244 valence electrons. The Morgan fingerprint density at radius 3 is 1.84 bits per heavy atom. The highest BCUT2D eigenvalue weighted by molar-refractivity contribution is 6.99. The van der Waals surface area contributed by atoms with Crippen LogP contribution in [0.25, 0.3) is 0 Å². The summed E-state index contributed by atoms with van der Waals surface area (Å²) < 4.78 is 25.9. The van der Waals surface area contributed by atoms with E-state index in [-0.39, 0.29) is 11.1 Å². The first-order valence-electron chi connectivity index (χ1n) is 16.6. The molecule has 0 radical (unpaired) electrons. The van der Waals surface area contributed by atoms with Crippen LogP contribution in [0.3, 0.4) is 0 Å². The van der Waals surface area contributed by atoms with Gasteiger partial charge in [0.15, 0.2) is 8.32 Å². The van der Waals surface area contributed by atoms with Crippen molar-refractivity contribution >= 4 is 27.0 Å². The van der Waals surface area contributed by atoms with Gasteiger partial charge in [0, 0.05) is 0 Å². The summed E-state index contributed by atoms with van der Waals surface area (Å²) in [5.74, 6) is 0.851. The van der Waals surface area contributed by atoms with Crippen LogP contribution in [0.1, 0.15) is 59.9 Å². The van der Waals surface area contributed by atoms with E-state index in [0.29, 0.717) is 19.8 Å². The molecule has 0 saturated heterocycles. The van der Waals surface area contributed by atoms with Gasteiger partial charge in [-0.15, -0.1) is 6.58 Å². The fraction of sp³-hybridized carbons (Fsp3) is 0.436. The van der Waals surface area contributed by atoms with Crippen molar-refractivity contribution in [2.75, 3.05) is 20.3 Å². The first-order valence-corrected chi connectivity index (χ1v) is 21.0. The van der Waals surface area contributed by atoms with E-state index < -0.39 is 16.6 Å². The van der Waals surface area contributed by atoms with Crippen LogP contribution in [0.15, 0.2) is 109 Å². The number of hydrogen-bond acceptors (Lipinski definition) is 4. The second-order valence-corrected chi connectivity index (χ2v) is 21.9. The smallest absolute Gasteiger partial charge is 0.261 e. The minimum Gasteiger partial charge on any atom is -0.497 e. The van der Waals surface area contributed by atoms with Crippen molar-refractivity contribution < 1.29 is 18.3 Å². The van der Waals surface area contributed by atoms with Crippen LogP contribution in [-0.2, 0) is 20.2 Å². The summed E-state index contributed by atoms with van der Waals surface area (Å²) >= 11 is 0. The number of rotatable bonds is 19. The molecule has 0 aliphatic rings. The molecule has 3 aromatic rings. The molecule has 0 heterocycles. The Kier molecular flexibility index (Phi) is 14.5. The highest BCUT2D eigenvalue weighted by Gasteiger charge is 2.50. The first-order chi connectivity index (χ1) is 21.7. The topological polar surface area (TPSA) is 36.9 Å². The molecule has 6 heteroatoms. The SMILES string of the molecule is C=CC/C(=C/CO[Si](c1ccccc1)(c1ccccc1)C(C)(C)C)C[C@H](COCc1ccc(OC)cc1)O[Si](CC)(CC)CC. The molecule has 1 atom stereocenters. The molecule has 0 N–H and O–H groups in total. The van der Waals surface area contributed by atoms with Crippen molar-refractivity contribution in [3.63, 3.8) is 0 Å². The Morgan fingerprint density at radius 1 is 0.822 bits per heavy atom. The molecule has 0 fully saturated rings. The number of hydrogen-bond donors (Lipinski definition) is 0. The Labute approximate surface area is 275 Å². The normalized spacial score (nSPS) is 13.4. The fourth-order valence-corrected chi connectivity index (χ4v) is 13.6. The van der Waals surface area contributed by atoms with Crippen LogP contribution in [0, 0.1) is 0 Å². The van der Waals surface area contributed by atoms with Crippen molar-refractivity contribution in [1.29, 1.82) is 0 Å². The molecular formula is C39H56O4Si2. The standard InChI is InChI=1S/C39H56O4Si2/c1-9-19-33(28-29-42-45(39(5,6)7,37-20-15-13-16-21-37)38-22-17-14-18-23-38)30-36(43-44(10-2,11-3)12-4)32-41-31-34-24-26-35(40-8)27-25-34/h9,13-18,20-28,36H,1,10-12,19,29-32H2,2-8H3/b33-28-/t36-/m1/s1. The molecule has 0 unspecified atom stereocenters. The molecule has 0 saturated carbocycles. The number of methoxy groups -OCH3 is 1. The van der Waals surface area contributed by atoms with E-state index in [0.717, 1.165) is 42.3 Å². The fourth-order valence-electron chi connectivity index (χ4n) is 6.29. The van der Waals surface area contributed by atoms with Crippen molar-refractivity contribution in [3.05, 3.63) is 115 Å². The maximum atomic E-state index is 7.20. The maximum absolute atomic E-state index is 7.20. The Balaban J connectivity index is 1.87. The van der Waals surface area contributed by atoms with Gasteiger partial charge in [0.2, 0.25) is 0 Å². The lowest BCUT2D eigenvalue weighted by Crippen LogP contribution is -2.66. The minimum atomic E-state index is -2.63.